The predicted octanol–water partition coefficient (Wildman–Crippen LogP) is 12.6. The van der Waals surface area contributed by atoms with E-state index in [0.29, 0.717) is 114 Å². The van der Waals surface area contributed by atoms with Crippen LogP contribution in [0.2, 0.25) is 0 Å². The van der Waals surface area contributed by atoms with Gasteiger partial charge in [-0.2, -0.15) is 0 Å². The second-order valence-corrected chi connectivity index (χ2v) is 25.1. The molecule has 0 bridgehead atoms. The lowest BCUT2D eigenvalue weighted by molar-refractivity contribution is -0.138. The Morgan fingerprint density at radius 2 is 1.06 bits per heavy atom. The number of aliphatic hydroxyl groups excluding tert-OH is 1. The predicted molar refractivity (Wildman–Crippen MR) is 396 cm³/mol. The molecule has 0 aliphatic carbocycles. The number of aliphatic hydroxyl groups is 1. The molecule has 5 heterocycles. The summed E-state index contributed by atoms with van der Waals surface area (Å²) in [7, 11) is 0. The largest absolute Gasteiger partial charge is 0.506 e. The molecule has 5 N–H and O–H groups in total. The number of benzene rings is 6. The van der Waals surface area contributed by atoms with Crippen LogP contribution in [0.25, 0.3) is 71.2 Å². The number of nitrogens with zero attached hydrogens (tertiary/aromatic N) is 4. The quantitative estimate of drug-likeness (QED) is 0.0176. The van der Waals surface area contributed by atoms with Crippen molar-refractivity contribution in [1.82, 2.24) is 30.2 Å². The van der Waals surface area contributed by atoms with Crippen molar-refractivity contribution in [3.8, 4) is 23.0 Å². The third-order valence-corrected chi connectivity index (χ3v) is 18.4. The Hall–Kier alpha value is -9.63. The number of hydrogen-bond donors (Lipinski definition) is 5. The Kier molecular flexibility index (Phi) is 26.6. The molecule has 1 aliphatic rings. The number of H-pyrrole nitrogens is 2. The van der Waals surface area contributed by atoms with Gasteiger partial charge < -0.3 is 82.5 Å². The Labute approximate surface area is 595 Å². The van der Waals surface area contributed by atoms with Gasteiger partial charge in [0.05, 0.1) is 121 Å². The van der Waals surface area contributed by atoms with Gasteiger partial charge in [-0.05, 0) is 152 Å². The number of aryl methyl sites for hydroxylation is 4. The minimum absolute atomic E-state index is 0.00263. The number of rotatable bonds is 40. The second kappa shape index (κ2) is 36.8. The number of aromatic amines is 2. The van der Waals surface area contributed by atoms with E-state index in [-0.39, 0.29) is 93.7 Å². The topological polar surface area (TPSA) is 278 Å². The first-order valence-corrected chi connectivity index (χ1v) is 35.2. The van der Waals surface area contributed by atoms with Crippen molar-refractivity contribution in [3.05, 3.63) is 166 Å². The van der Waals surface area contributed by atoms with Gasteiger partial charge in [0.25, 0.3) is 0 Å². The van der Waals surface area contributed by atoms with Gasteiger partial charge in [0, 0.05) is 101 Å². The summed E-state index contributed by atoms with van der Waals surface area (Å²) in [5.41, 5.74) is 10.2. The number of ether oxygens (including phenoxy) is 11. The minimum atomic E-state index is -0.682. The molecule has 0 saturated heterocycles. The monoisotopic (exact) mass is 1410 g/mol. The average Bonchev–Trinajstić information content (AvgIpc) is 1.56. The van der Waals surface area contributed by atoms with Gasteiger partial charge in [-0.15, -0.1) is 0 Å². The molecule has 0 unspecified atom stereocenters. The number of aliphatic imine (C=N–C) groups is 1. The van der Waals surface area contributed by atoms with Gasteiger partial charge in [-0.25, -0.2) is 9.79 Å². The zero-order valence-corrected chi connectivity index (χ0v) is 59.0. The van der Waals surface area contributed by atoms with Crippen molar-refractivity contribution in [2.24, 2.45) is 4.99 Å². The number of esters is 1. The van der Waals surface area contributed by atoms with Crippen LogP contribution in [0.3, 0.4) is 0 Å². The Bertz CT molecular complexity index is 4470. The van der Waals surface area contributed by atoms with Crippen molar-refractivity contribution in [3.63, 3.8) is 0 Å². The molecule has 102 heavy (non-hydrogen) atoms. The normalized spacial score (nSPS) is 13.3. The van der Waals surface area contributed by atoms with Crippen molar-refractivity contribution in [2.75, 3.05) is 139 Å². The fourth-order valence-electron chi connectivity index (χ4n) is 12.2. The number of phenolic OH excluding ortho intramolecular Hbond substituents is 1. The molecule has 1 aliphatic heterocycles. The first kappa shape index (κ1) is 73.6. The third-order valence-electron chi connectivity index (χ3n) is 17.4. The van der Waals surface area contributed by atoms with E-state index < -0.39 is 5.97 Å². The molecule has 11 rings (SSSR count). The number of thioether (sulfide) groups is 1. The molecule has 0 radical (unpaired) electrons. The number of phenols is 1. The van der Waals surface area contributed by atoms with Crippen LogP contribution < -0.4 is 19.5 Å². The molecule has 0 saturated carbocycles. The van der Waals surface area contributed by atoms with Crippen LogP contribution >= 0.6 is 11.8 Å². The van der Waals surface area contributed by atoms with Gasteiger partial charge >= 0.3 is 5.97 Å². The minimum Gasteiger partial charge on any atom is -0.506 e. The van der Waals surface area contributed by atoms with Crippen LogP contribution in [0.5, 0.6) is 23.0 Å². The van der Waals surface area contributed by atoms with Gasteiger partial charge in [0.2, 0.25) is 11.8 Å². The lowest BCUT2D eigenvalue weighted by atomic mass is 9.97. The number of fused-ring (bicyclic) bond motifs is 8. The van der Waals surface area contributed by atoms with Crippen LogP contribution in [-0.4, -0.2) is 196 Å². The standard InChI is InChI=1S/C78H87N7O16S/c1-6-98-78(90)73-76(89)68(102-77(73)82-55-10-8-7-9-11-55)45-54-12-17-67(66(86)44-54)101-43-40-97-37-36-94-33-30-91-27-24-81-69(87)18-19-70(88)85(25-28-92-31-34-95-38-41-99-56-13-15-64-60(46-56)71-50(2)62-48-79-22-20-58(62)52(4)74(71)83-64)26-29-93-32-35-96-39-42-100-57-14-16-65-61(47-57)72-51(3)63-49-80-23-21-59(63)53(5)75(72)84-65/h7-17,20-23,44-49,83-84,86,89H,6,18-19,24-43H2,1-5H3,(H,81,87)/b68-45+,82-77?. The molecule has 536 valence electrons. The maximum Gasteiger partial charge on any atom is 0.344 e. The smallest absolute Gasteiger partial charge is 0.344 e. The summed E-state index contributed by atoms with van der Waals surface area (Å²) in [6.45, 7) is 16.3. The molecule has 0 atom stereocenters. The number of aromatic nitrogens is 4. The van der Waals surface area contributed by atoms with E-state index in [1.165, 1.54) is 49.9 Å². The molecule has 24 heteroatoms. The number of nitrogens with one attached hydrogen (secondary N) is 3. The first-order valence-electron chi connectivity index (χ1n) is 34.4. The molecule has 6 aromatic carbocycles. The van der Waals surface area contributed by atoms with E-state index in [1.807, 2.05) is 67.3 Å². The van der Waals surface area contributed by atoms with Crippen LogP contribution in [0.15, 0.2) is 143 Å². The highest BCUT2D eigenvalue weighted by Gasteiger charge is 2.33. The van der Waals surface area contributed by atoms with Crippen molar-refractivity contribution in [2.45, 2.75) is 47.5 Å². The number of aromatic hydroxyl groups is 1. The lowest BCUT2D eigenvalue weighted by Crippen LogP contribution is -2.38. The maximum atomic E-state index is 13.6. The number of carbonyl (C=O) groups excluding carboxylic acids is 3. The summed E-state index contributed by atoms with van der Waals surface area (Å²) in [6, 6.07) is 30.2. The zero-order valence-electron chi connectivity index (χ0n) is 58.2. The Balaban J connectivity index is 0.553. The highest BCUT2D eigenvalue weighted by Crippen LogP contribution is 2.42. The molecule has 2 amide bonds. The number of para-hydroxylation sites is 1. The Morgan fingerprint density at radius 3 is 1.59 bits per heavy atom. The molecule has 0 spiro atoms. The number of carbonyl (C=O) groups is 3. The zero-order chi connectivity index (χ0) is 71.2. The van der Waals surface area contributed by atoms with E-state index in [0.717, 1.165) is 66.9 Å². The van der Waals surface area contributed by atoms with Crippen molar-refractivity contribution in [1.29, 1.82) is 0 Å². The fourth-order valence-corrected chi connectivity index (χ4v) is 13.3. The van der Waals surface area contributed by atoms with Crippen molar-refractivity contribution < 1.29 is 76.7 Å². The van der Waals surface area contributed by atoms with Crippen LogP contribution in [0.4, 0.5) is 5.69 Å². The van der Waals surface area contributed by atoms with Crippen LogP contribution in [0.1, 0.15) is 47.6 Å². The van der Waals surface area contributed by atoms with E-state index in [2.05, 4.69) is 82.2 Å². The molecule has 23 nitrogen and oxygen atoms in total. The SMILES string of the molecule is CCOC(=O)C1=C(O)/C(=C\c2ccc(OCCOCCOCCOCCNC(=O)CCC(=O)N(CCOCCOCCOc3ccc4[nH]c5c(C)c6ccncc6c(C)c5c4c3)CCOCCOCCOc3ccc4[nH]c5c(C)c6ccncc6c(C)c5c4c3)c(O)c2)SC1=Nc1ccccc1. The molecular weight excluding hydrogens is 1320 g/mol. The molecule has 10 aromatic rings. The summed E-state index contributed by atoms with van der Waals surface area (Å²) in [5, 5.41) is 34.1. The highest BCUT2D eigenvalue weighted by atomic mass is 32.2. The van der Waals surface area contributed by atoms with Gasteiger partial charge in [-0.1, -0.05) is 36.0 Å². The summed E-state index contributed by atoms with van der Waals surface area (Å²) >= 11 is 1.12. The fraction of sp³-hybridized carbons (Fsp3) is 0.359. The number of hydrogen-bond acceptors (Lipinski definition) is 20. The summed E-state index contributed by atoms with van der Waals surface area (Å²) in [6.07, 6.45) is 9.14. The van der Waals surface area contributed by atoms with Gasteiger partial charge in [0.1, 0.15) is 47.7 Å². The summed E-state index contributed by atoms with van der Waals surface area (Å²) < 4.78 is 63.6. The Morgan fingerprint density at radius 1 is 0.549 bits per heavy atom. The molecule has 0 fully saturated rings. The highest BCUT2D eigenvalue weighted by molar-refractivity contribution is 8.18. The van der Waals surface area contributed by atoms with Crippen molar-refractivity contribution >= 4 is 112 Å². The number of amides is 2. The molecular formula is C78H87N7O16S. The molecule has 4 aromatic heterocycles. The van der Waals surface area contributed by atoms with E-state index >= 15 is 0 Å². The summed E-state index contributed by atoms with van der Waals surface area (Å²) in [4.78, 5) is 61.8. The average molecular weight is 1410 g/mol. The number of pyridine rings is 2. The van der Waals surface area contributed by atoms with Gasteiger partial charge in [-0.3, -0.25) is 19.6 Å². The van der Waals surface area contributed by atoms with Gasteiger partial charge in [0.15, 0.2) is 11.5 Å². The van der Waals surface area contributed by atoms with Crippen LogP contribution in [0, 0.1) is 27.7 Å². The third kappa shape index (κ3) is 18.9. The lowest BCUT2D eigenvalue weighted by Gasteiger charge is -2.23. The first-order chi connectivity index (χ1) is 49.8. The van der Waals surface area contributed by atoms with E-state index in [4.69, 9.17) is 52.1 Å². The summed E-state index contributed by atoms with van der Waals surface area (Å²) in [5.74, 6) is 0.214. The maximum absolute atomic E-state index is 13.6. The van der Waals surface area contributed by atoms with E-state index in [1.54, 1.807) is 42.2 Å². The van der Waals surface area contributed by atoms with E-state index in [9.17, 15) is 24.6 Å². The second-order valence-electron chi connectivity index (χ2n) is 24.1. The van der Waals surface area contributed by atoms with Crippen LogP contribution in [-0.2, 0) is 52.3 Å².